The molecular formula is C16H24N4O2. The summed E-state index contributed by atoms with van der Waals surface area (Å²) in [5, 5.41) is 3.03. The molecule has 0 aromatic carbocycles. The molecule has 1 atom stereocenters. The van der Waals surface area contributed by atoms with Gasteiger partial charge in [-0.25, -0.2) is 4.98 Å². The molecule has 2 fully saturated rings. The lowest BCUT2D eigenvalue weighted by Crippen LogP contribution is -2.46. The Labute approximate surface area is 131 Å². The Morgan fingerprint density at radius 3 is 2.95 bits per heavy atom. The van der Waals surface area contributed by atoms with Crippen LogP contribution in [0.25, 0.3) is 0 Å². The molecule has 6 nitrogen and oxygen atoms in total. The number of nitrogens with zero attached hydrogens (tertiary/aromatic N) is 3. The molecule has 1 N–H and O–H groups in total. The fraction of sp³-hybridized carbons (Fsp3) is 0.625. The SMILES string of the molecule is CNc1cccc(C2CN(C(=O)CN3CCCC3)CCO2)n1. The van der Waals surface area contributed by atoms with Gasteiger partial charge in [0.05, 0.1) is 25.4 Å². The first-order valence-electron chi connectivity index (χ1n) is 8.02. The Morgan fingerprint density at radius 2 is 2.18 bits per heavy atom. The van der Waals surface area contributed by atoms with Crippen molar-refractivity contribution >= 4 is 11.7 Å². The number of likely N-dealkylation sites (tertiary alicyclic amines) is 1. The summed E-state index contributed by atoms with van der Waals surface area (Å²) in [5.74, 6) is 1.03. The summed E-state index contributed by atoms with van der Waals surface area (Å²) in [6.45, 7) is 4.47. The maximum Gasteiger partial charge on any atom is 0.236 e. The van der Waals surface area contributed by atoms with Crippen LogP contribution < -0.4 is 5.32 Å². The van der Waals surface area contributed by atoms with E-state index in [1.807, 2.05) is 30.1 Å². The van der Waals surface area contributed by atoms with Crippen molar-refractivity contribution in [2.45, 2.75) is 18.9 Å². The zero-order chi connectivity index (χ0) is 15.4. The Bertz CT molecular complexity index is 517. The number of aromatic nitrogens is 1. The van der Waals surface area contributed by atoms with E-state index in [9.17, 15) is 4.79 Å². The van der Waals surface area contributed by atoms with Crippen LogP contribution >= 0.6 is 0 Å². The zero-order valence-corrected chi connectivity index (χ0v) is 13.1. The second-order valence-corrected chi connectivity index (χ2v) is 5.88. The van der Waals surface area contributed by atoms with Crippen molar-refractivity contribution in [2.75, 3.05) is 51.7 Å². The number of nitrogens with one attached hydrogen (secondary N) is 1. The molecule has 2 aliphatic rings. The minimum Gasteiger partial charge on any atom is -0.373 e. The predicted molar refractivity (Wildman–Crippen MR) is 84.7 cm³/mol. The lowest BCUT2D eigenvalue weighted by atomic mass is 10.2. The van der Waals surface area contributed by atoms with Crippen molar-refractivity contribution in [2.24, 2.45) is 0 Å². The molecule has 2 saturated heterocycles. The number of ether oxygens (including phenoxy) is 1. The number of pyridine rings is 1. The van der Waals surface area contributed by atoms with Crippen molar-refractivity contribution in [3.8, 4) is 0 Å². The molecule has 22 heavy (non-hydrogen) atoms. The standard InChI is InChI=1S/C16H24N4O2/c1-17-15-6-4-5-13(18-15)14-11-20(9-10-22-14)16(21)12-19-7-2-3-8-19/h4-6,14H,2-3,7-12H2,1H3,(H,17,18). The fourth-order valence-electron chi connectivity index (χ4n) is 3.06. The highest BCUT2D eigenvalue weighted by atomic mass is 16.5. The van der Waals surface area contributed by atoms with Crippen molar-refractivity contribution in [3.05, 3.63) is 23.9 Å². The van der Waals surface area contributed by atoms with Gasteiger partial charge >= 0.3 is 0 Å². The smallest absolute Gasteiger partial charge is 0.236 e. The molecule has 1 aromatic heterocycles. The minimum absolute atomic E-state index is 0.135. The number of rotatable bonds is 4. The normalized spacial score (nSPS) is 22.8. The summed E-state index contributed by atoms with van der Waals surface area (Å²) in [5.41, 5.74) is 0.880. The van der Waals surface area contributed by atoms with Crippen molar-refractivity contribution in [1.29, 1.82) is 0 Å². The lowest BCUT2D eigenvalue weighted by molar-refractivity contribution is -0.140. The van der Waals surface area contributed by atoms with Gasteiger partial charge in [0, 0.05) is 13.6 Å². The maximum atomic E-state index is 12.5. The molecule has 1 unspecified atom stereocenters. The molecule has 120 valence electrons. The highest BCUT2D eigenvalue weighted by molar-refractivity contribution is 5.78. The van der Waals surface area contributed by atoms with Gasteiger partial charge in [-0.2, -0.15) is 0 Å². The molecule has 0 aliphatic carbocycles. The quantitative estimate of drug-likeness (QED) is 0.903. The summed E-state index contributed by atoms with van der Waals surface area (Å²) in [4.78, 5) is 21.1. The average Bonchev–Trinajstić information content (AvgIpc) is 3.08. The van der Waals surface area contributed by atoms with Crippen molar-refractivity contribution in [3.63, 3.8) is 0 Å². The molecule has 3 heterocycles. The van der Waals surface area contributed by atoms with Gasteiger partial charge in [-0.1, -0.05) is 6.07 Å². The van der Waals surface area contributed by atoms with Gasteiger partial charge in [-0.05, 0) is 38.1 Å². The summed E-state index contributed by atoms with van der Waals surface area (Å²) in [6.07, 6.45) is 2.28. The van der Waals surface area contributed by atoms with E-state index in [1.165, 1.54) is 12.8 Å². The van der Waals surface area contributed by atoms with Crippen LogP contribution in [0.1, 0.15) is 24.6 Å². The van der Waals surface area contributed by atoms with Gasteiger partial charge in [-0.15, -0.1) is 0 Å². The number of carbonyl (C=O) groups excluding carboxylic acids is 1. The van der Waals surface area contributed by atoms with E-state index in [-0.39, 0.29) is 12.0 Å². The first-order valence-corrected chi connectivity index (χ1v) is 8.02. The first-order chi connectivity index (χ1) is 10.8. The number of carbonyl (C=O) groups is 1. The molecule has 0 radical (unpaired) electrons. The highest BCUT2D eigenvalue weighted by Gasteiger charge is 2.27. The molecule has 1 amide bonds. The predicted octanol–water partition coefficient (Wildman–Crippen LogP) is 1.12. The van der Waals surface area contributed by atoms with E-state index < -0.39 is 0 Å². The van der Waals surface area contributed by atoms with Crippen LogP contribution in [0.15, 0.2) is 18.2 Å². The molecular weight excluding hydrogens is 280 g/mol. The van der Waals surface area contributed by atoms with E-state index in [1.54, 1.807) is 0 Å². The molecule has 6 heteroatoms. The Morgan fingerprint density at radius 1 is 1.36 bits per heavy atom. The monoisotopic (exact) mass is 304 g/mol. The molecule has 0 saturated carbocycles. The van der Waals surface area contributed by atoms with Gasteiger partial charge in [-0.3, -0.25) is 9.69 Å². The molecule has 1 aromatic rings. The number of morpholine rings is 1. The van der Waals surface area contributed by atoms with Gasteiger partial charge in [0.2, 0.25) is 5.91 Å². The van der Waals surface area contributed by atoms with Crippen molar-refractivity contribution < 1.29 is 9.53 Å². The van der Waals surface area contributed by atoms with E-state index in [0.717, 1.165) is 24.6 Å². The number of amides is 1. The van der Waals surface area contributed by atoms with Crippen LogP contribution in [-0.4, -0.2) is 67.1 Å². The molecule has 0 bridgehead atoms. The topological polar surface area (TPSA) is 57.7 Å². The average molecular weight is 304 g/mol. The van der Waals surface area contributed by atoms with E-state index >= 15 is 0 Å². The summed E-state index contributed by atoms with van der Waals surface area (Å²) < 4.78 is 5.82. The summed E-state index contributed by atoms with van der Waals surface area (Å²) in [7, 11) is 1.85. The molecule has 0 spiro atoms. The third-order valence-electron chi connectivity index (χ3n) is 4.33. The minimum atomic E-state index is -0.135. The van der Waals surface area contributed by atoms with E-state index in [2.05, 4.69) is 15.2 Å². The third kappa shape index (κ3) is 3.56. The van der Waals surface area contributed by atoms with Crippen LogP contribution in [0.3, 0.4) is 0 Å². The maximum absolute atomic E-state index is 12.5. The van der Waals surface area contributed by atoms with Crippen molar-refractivity contribution in [1.82, 2.24) is 14.8 Å². The van der Waals surface area contributed by atoms with Crippen LogP contribution in [0.2, 0.25) is 0 Å². The largest absolute Gasteiger partial charge is 0.373 e. The first kappa shape index (κ1) is 15.2. The highest BCUT2D eigenvalue weighted by Crippen LogP contribution is 2.22. The van der Waals surface area contributed by atoms with Gasteiger partial charge in [0.1, 0.15) is 11.9 Å². The Kier molecular flexibility index (Phi) is 4.90. The third-order valence-corrected chi connectivity index (χ3v) is 4.33. The van der Waals surface area contributed by atoms with Crippen LogP contribution in [-0.2, 0) is 9.53 Å². The molecule has 2 aliphatic heterocycles. The Hall–Kier alpha value is -1.66. The van der Waals surface area contributed by atoms with Crippen LogP contribution in [0, 0.1) is 0 Å². The number of hydrogen-bond donors (Lipinski definition) is 1. The van der Waals surface area contributed by atoms with Gasteiger partial charge in [0.25, 0.3) is 0 Å². The summed E-state index contributed by atoms with van der Waals surface area (Å²) >= 11 is 0. The van der Waals surface area contributed by atoms with Gasteiger partial charge in [0.15, 0.2) is 0 Å². The second-order valence-electron chi connectivity index (χ2n) is 5.88. The number of hydrogen-bond acceptors (Lipinski definition) is 5. The van der Waals surface area contributed by atoms with E-state index in [0.29, 0.717) is 26.2 Å². The summed E-state index contributed by atoms with van der Waals surface area (Å²) in [6, 6.07) is 5.84. The fourth-order valence-corrected chi connectivity index (χ4v) is 3.06. The van der Waals surface area contributed by atoms with Crippen LogP contribution in [0.5, 0.6) is 0 Å². The molecule has 3 rings (SSSR count). The van der Waals surface area contributed by atoms with Crippen LogP contribution in [0.4, 0.5) is 5.82 Å². The second kappa shape index (κ2) is 7.07. The van der Waals surface area contributed by atoms with Gasteiger partial charge < -0.3 is 15.0 Å². The van der Waals surface area contributed by atoms with E-state index in [4.69, 9.17) is 4.74 Å². The Balaban J connectivity index is 1.61. The zero-order valence-electron chi connectivity index (χ0n) is 13.1. The number of anilines is 1. The lowest BCUT2D eigenvalue weighted by Gasteiger charge is -2.33.